The fourth-order valence-electron chi connectivity index (χ4n) is 2.50. The fourth-order valence-corrected chi connectivity index (χ4v) is 3.95. The lowest BCUT2D eigenvalue weighted by molar-refractivity contribution is -0.130. The lowest BCUT2D eigenvalue weighted by atomic mass is 10.1. The third kappa shape index (κ3) is 3.19. The normalized spacial score (nSPS) is 20.6. The van der Waals surface area contributed by atoms with Crippen molar-refractivity contribution in [1.29, 1.82) is 0 Å². The summed E-state index contributed by atoms with van der Waals surface area (Å²) < 4.78 is 7.35. The van der Waals surface area contributed by atoms with Crippen LogP contribution in [0.2, 0.25) is 0 Å². The van der Waals surface area contributed by atoms with Gasteiger partial charge in [0.15, 0.2) is 0 Å². The minimum atomic E-state index is 0.236. The van der Waals surface area contributed by atoms with E-state index in [0.717, 1.165) is 27.5 Å². The Bertz CT molecular complexity index is 519. The molecule has 0 aromatic heterocycles. The molecule has 0 spiro atoms. The predicted molar refractivity (Wildman–Crippen MR) is 87.2 cm³/mol. The van der Waals surface area contributed by atoms with Gasteiger partial charge >= 0.3 is 0 Å². The maximum absolute atomic E-state index is 11.9. The Morgan fingerprint density at radius 1 is 1.40 bits per heavy atom. The summed E-state index contributed by atoms with van der Waals surface area (Å²) in [6.45, 7) is 2.03. The smallest absolute Gasteiger partial charge is 0.222 e. The Hall–Kier alpha value is -0.550. The topological polar surface area (TPSA) is 29.5 Å². The van der Waals surface area contributed by atoms with E-state index in [1.807, 2.05) is 24.9 Å². The van der Waals surface area contributed by atoms with Gasteiger partial charge in [-0.1, -0.05) is 22.9 Å². The molecule has 1 amide bonds. The lowest BCUT2D eigenvalue weighted by Gasteiger charge is -2.18. The van der Waals surface area contributed by atoms with Gasteiger partial charge in [0.2, 0.25) is 5.91 Å². The van der Waals surface area contributed by atoms with E-state index < -0.39 is 0 Å². The number of halogens is 2. The molecule has 1 aliphatic carbocycles. The zero-order valence-electron chi connectivity index (χ0n) is 12.0. The van der Waals surface area contributed by atoms with Crippen LogP contribution in [0.25, 0.3) is 0 Å². The average Bonchev–Trinajstić information content (AvgIpc) is 3.18. The Kier molecular flexibility index (Phi) is 5.13. The van der Waals surface area contributed by atoms with Crippen LogP contribution in [0.5, 0.6) is 5.75 Å². The second-order valence-electron chi connectivity index (χ2n) is 5.17. The van der Waals surface area contributed by atoms with Crippen LogP contribution in [0.15, 0.2) is 21.1 Å². The van der Waals surface area contributed by atoms with Gasteiger partial charge in [0.1, 0.15) is 5.75 Å². The van der Waals surface area contributed by atoms with Crippen molar-refractivity contribution in [3.8, 4) is 5.75 Å². The van der Waals surface area contributed by atoms with Crippen molar-refractivity contribution in [3.05, 3.63) is 26.6 Å². The van der Waals surface area contributed by atoms with Crippen molar-refractivity contribution in [2.24, 2.45) is 0 Å². The number of amides is 1. The quantitative estimate of drug-likeness (QED) is 0.730. The van der Waals surface area contributed by atoms with Crippen LogP contribution in [0.3, 0.4) is 0 Å². The van der Waals surface area contributed by atoms with Gasteiger partial charge in [-0.25, -0.2) is 0 Å². The highest BCUT2D eigenvalue weighted by Crippen LogP contribution is 2.48. The number of rotatable bonds is 5. The minimum Gasteiger partial charge on any atom is -0.496 e. The Balaban J connectivity index is 2.14. The molecular formula is C15H19Br2NO2. The summed E-state index contributed by atoms with van der Waals surface area (Å²) in [5.74, 6) is 1.47. The fraction of sp³-hybridized carbons (Fsp3) is 0.533. The number of methoxy groups -OCH3 is 1. The number of ether oxygens (including phenoxy) is 1. The highest BCUT2D eigenvalue weighted by molar-refractivity contribution is 9.11. The number of benzene rings is 1. The molecular weight excluding hydrogens is 386 g/mol. The highest BCUT2D eigenvalue weighted by atomic mass is 79.9. The molecule has 1 fully saturated rings. The van der Waals surface area contributed by atoms with Crippen LogP contribution in [0.1, 0.15) is 37.7 Å². The van der Waals surface area contributed by atoms with Crippen molar-refractivity contribution in [3.63, 3.8) is 0 Å². The Labute approximate surface area is 136 Å². The molecule has 1 aromatic carbocycles. The van der Waals surface area contributed by atoms with E-state index in [-0.39, 0.29) is 5.91 Å². The van der Waals surface area contributed by atoms with Crippen molar-refractivity contribution < 1.29 is 9.53 Å². The van der Waals surface area contributed by atoms with Crippen molar-refractivity contribution in [2.45, 2.75) is 38.1 Å². The van der Waals surface area contributed by atoms with Gasteiger partial charge in [0, 0.05) is 29.9 Å². The third-order valence-electron chi connectivity index (χ3n) is 3.78. The van der Waals surface area contributed by atoms with Crippen molar-refractivity contribution in [1.82, 2.24) is 4.90 Å². The summed E-state index contributed by atoms with van der Waals surface area (Å²) in [6.07, 6.45) is 2.55. The number of likely N-dealkylation sites (N-methyl/N-ethyl adjacent to an activating group) is 1. The first-order valence-corrected chi connectivity index (χ1v) is 8.36. The molecule has 1 aromatic rings. The van der Waals surface area contributed by atoms with Gasteiger partial charge in [0.25, 0.3) is 0 Å². The molecule has 3 nitrogen and oxygen atoms in total. The van der Waals surface area contributed by atoms with E-state index in [9.17, 15) is 4.79 Å². The molecule has 110 valence electrons. The monoisotopic (exact) mass is 403 g/mol. The van der Waals surface area contributed by atoms with Gasteiger partial charge in [0.05, 0.1) is 11.6 Å². The zero-order valence-corrected chi connectivity index (χ0v) is 15.1. The largest absolute Gasteiger partial charge is 0.496 e. The average molecular weight is 405 g/mol. The second-order valence-corrected chi connectivity index (χ2v) is 6.88. The van der Waals surface area contributed by atoms with Gasteiger partial charge in [-0.3, -0.25) is 4.79 Å². The van der Waals surface area contributed by atoms with Crippen molar-refractivity contribution >= 4 is 37.8 Å². The molecule has 2 unspecified atom stereocenters. The molecule has 0 bridgehead atoms. The molecule has 5 heteroatoms. The molecule has 0 N–H and O–H groups in total. The summed E-state index contributed by atoms with van der Waals surface area (Å²) in [6, 6.07) is 4.38. The zero-order chi connectivity index (χ0) is 14.9. The molecule has 1 saturated carbocycles. The predicted octanol–water partition coefficient (Wildman–Crippen LogP) is 4.33. The number of hydrogen-bond acceptors (Lipinski definition) is 2. The third-order valence-corrected chi connectivity index (χ3v) is 5.09. The standard InChI is InChI=1S/C15H19Br2NO2/c1-4-5-15(19)18(2)13-6-10(13)9-7-14(20-3)12(17)8-11(9)16/h7-8,10,13H,4-6H2,1-3H3. The number of nitrogens with zero attached hydrogens (tertiary/aromatic N) is 1. The first-order valence-electron chi connectivity index (χ1n) is 6.78. The summed E-state index contributed by atoms with van der Waals surface area (Å²) in [5, 5.41) is 0. The number of hydrogen-bond donors (Lipinski definition) is 0. The molecule has 1 aliphatic rings. The summed E-state index contributed by atoms with van der Waals surface area (Å²) in [7, 11) is 3.58. The van der Waals surface area contributed by atoms with E-state index in [0.29, 0.717) is 18.4 Å². The molecule has 0 aliphatic heterocycles. The van der Waals surface area contributed by atoms with E-state index in [4.69, 9.17) is 4.74 Å². The highest BCUT2D eigenvalue weighted by Gasteiger charge is 2.44. The maximum atomic E-state index is 11.9. The van der Waals surface area contributed by atoms with Crippen LogP contribution in [-0.4, -0.2) is 31.0 Å². The second kappa shape index (κ2) is 6.48. The molecule has 0 saturated heterocycles. The summed E-state index contributed by atoms with van der Waals surface area (Å²) >= 11 is 7.09. The van der Waals surface area contributed by atoms with Crippen LogP contribution < -0.4 is 4.74 Å². The molecule has 0 heterocycles. The van der Waals surface area contributed by atoms with Crippen LogP contribution in [0, 0.1) is 0 Å². The molecule has 2 atom stereocenters. The maximum Gasteiger partial charge on any atom is 0.222 e. The van der Waals surface area contributed by atoms with Gasteiger partial charge in [-0.2, -0.15) is 0 Å². The Morgan fingerprint density at radius 2 is 2.10 bits per heavy atom. The van der Waals surface area contributed by atoms with Crippen LogP contribution in [0.4, 0.5) is 0 Å². The van der Waals surface area contributed by atoms with Gasteiger partial charge < -0.3 is 9.64 Å². The molecule has 0 radical (unpaired) electrons. The van der Waals surface area contributed by atoms with E-state index in [1.54, 1.807) is 7.11 Å². The summed E-state index contributed by atoms with van der Waals surface area (Å²) in [4.78, 5) is 13.8. The molecule has 20 heavy (non-hydrogen) atoms. The SMILES string of the molecule is CCCC(=O)N(C)C1CC1c1cc(OC)c(Br)cc1Br. The van der Waals surface area contributed by atoms with Gasteiger partial charge in [-0.15, -0.1) is 0 Å². The number of carbonyl (C=O) groups excluding carboxylic acids is 1. The van der Waals surface area contributed by atoms with Crippen LogP contribution >= 0.6 is 31.9 Å². The van der Waals surface area contributed by atoms with Crippen LogP contribution in [-0.2, 0) is 4.79 Å². The molecule has 2 rings (SSSR count). The van der Waals surface area contributed by atoms with E-state index in [1.165, 1.54) is 5.56 Å². The lowest BCUT2D eigenvalue weighted by Crippen LogP contribution is -2.29. The van der Waals surface area contributed by atoms with Crippen molar-refractivity contribution in [2.75, 3.05) is 14.2 Å². The first-order chi connectivity index (χ1) is 9.49. The number of carbonyl (C=O) groups is 1. The summed E-state index contributed by atoms with van der Waals surface area (Å²) in [5.41, 5.74) is 1.21. The minimum absolute atomic E-state index is 0.236. The first kappa shape index (κ1) is 15.8. The van der Waals surface area contributed by atoms with Gasteiger partial charge in [-0.05, 0) is 46.5 Å². The Morgan fingerprint density at radius 3 is 2.70 bits per heavy atom. The van der Waals surface area contributed by atoms with E-state index >= 15 is 0 Å². The van der Waals surface area contributed by atoms with E-state index in [2.05, 4.69) is 37.9 Å².